The molecular weight excluding hydrogens is 150 g/mol. The molecule has 2 rings (SSSR count). The van der Waals surface area contributed by atoms with Crippen LogP contribution in [0.4, 0.5) is 5.69 Å². The summed E-state index contributed by atoms with van der Waals surface area (Å²) < 4.78 is 5.18. The molecule has 0 radical (unpaired) electrons. The molecule has 0 aromatic heterocycles. The topological polar surface area (TPSA) is 15.8 Å². The molecule has 1 aromatic rings. The van der Waals surface area contributed by atoms with E-state index in [9.17, 15) is 0 Å². The number of epoxide rings is 1. The average molecular weight is 163 g/mol. The highest BCUT2D eigenvalue weighted by Gasteiger charge is 2.24. The van der Waals surface area contributed by atoms with E-state index in [1.54, 1.807) is 0 Å². The van der Waals surface area contributed by atoms with Gasteiger partial charge in [-0.2, -0.15) is 0 Å². The lowest BCUT2D eigenvalue weighted by molar-refractivity contribution is 0.415. The highest BCUT2D eigenvalue weighted by molar-refractivity contribution is 5.46. The Hall–Kier alpha value is -1.02. The molecule has 2 nitrogen and oxygen atoms in total. The third kappa shape index (κ3) is 1.43. The summed E-state index contributed by atoms with van der Waals surface area (Å²) in [5.41, 5.74) is 2.53. The van der Waals surface area contributed by atoms with Gasteiger partial charge in [0.25, 0.3) is 0 Å². The van der Waals surface area contributed by atoms with E-state index in [4.69, 9.17) is 4.74 Å². The van der Waals surface area contributed by atoms with E-state index in [2.05, 4.69) is 29.2 Å². The first kappa shape index (κ1) is 7.62. The molecule has 0 amide bonds. The monoisotopic (exact) mass is 163 g/mol. The summed E-state index contributed by atoms with van der Waals surface area (Å²) in [6.07, 6.45) is 0.376. The lowest BCUT2D eigenvalue weighted by atomic mass is 10.1. The van der Waals surface area contributed by atoms with Crippen LogP contribution in [0.25, 0.3) is 0 Å². The molecule has 0 N–H and O–H groups in total. The minimum Gasteiger partial charge on any atom is -0.378 e. The van der Waals surface area contributed by atoms with Crippen molar-refractivity contribution in [1.29, 1.82) is 0 Å². The van der Waals surface area contributed by atoms with Crippen molar-refractivity contribution in [2.75, 3.05) is 25.6 Å². The highest BCUT2D eigenvalue weighted by atomic mass is 16.6. The summed E-state index contributed by atoms with van der Waals surface area (Å²) in [5, 5.41) is 0. The highest BCUT2D eigenvalue weighted by Crippen LogP contribution is 2.30. The molecule has 0 unspecified atom stereocenters. The van der Waals surface area contributed by atoms with Gasteiger partial charge < -0.3 is 9.64 Å². The molecule has 1 aliphatic heterocycles. The molecule has 1 aliphatic rings. The Morgan fingerprint density at radius 1 is 1.25 bits per heavy atom. The second-order valence-corrected chi connectivity index (χ2v) is 3.31. The van der Waals surface area contributed by atoms with Gasteiger partial charge in [0.05, 0.1) is 6.61 Å². The number of benzene rings is 1. The summed E-state index contributed by atoms with van der Waals surface area (Å²) in [7, 11) is 4.09. The maximum atomic E-state index is 5.18. The Kier molecular flexibility index (Phi) is 1.77. The molecule has 12 heavy (non-hydrogen) atoms. The second kappa shape index (κ2) is 2.79. The van der Waals surface area contributed by atoms with Gasteiger partial charge in [0.2, 0.25) is 0 Å². The van der Waals surface area contributed by atoms with Crippen LogP contribution in [-0.2, 0) is 4.74 Å². The number of anilines is 1. The van der Waals surface area contributed by atoms with Crippen LogP contribution in [0.15, 0.2) is 24.3 Å². The smallest absolute Gasteiger partial charge is 0.106 e. The van der Waals surface area contributed by atoms with E-state index in [0.717, 1.165) is 6.61 Å². The maximum absolute atomic E-state index is 5.18. The largest absolute Gasteiger partial charge is 0.378 e. The Bertz CT molecular complexity index is 241. The molecule has 64 valence electrons. The van der Waals surface area contributed by atoms with E-state index in [0.29, 0.717) is 6.10 Å². The summed E-state index contributed by atoms with van der Waals surface area (Å²) in [4.78, 5) is 2.09. The normalized spacial score (nSPS) is 20.7. The molecular formula is C10H13NO. The van der Waals surface area contributed by atoms with Gasteiger partial charge in [-0.1, -0.05) is 12.1 Å². The van der Waals surface area contributed by atoms with Gasteiger partial charge in [0, 0.05) is 19.8 Å². The minimum atomic E-state index is 0.376. The fourth-order valence-electron chi connectivity index (χ4n) is 1.23. The summed E-state index contributed by atoms with van der Waals surface area (Å²) in [5.74, 6) is 0. The van der Waals surface area contributed by atoms with Crippen LogP contribution in [0.3, 0.4) is 0 Å². The number of hydrogen-bond donors (Lipinski definition) is 0. The van der Waals surface area contributed by atoms with Crippen molar-refractivity contribution in [1.82, 2.24) is 0 Å². The number of ether oxygens (including phenoxy) is 1. The van der Waals surface area contributed by atoms with Gasteiger partial charge in [0.1, 0.15) is 6.10 Å². The van der Waals surface area contributed by atoms with Crippen molar-refractivity contribution in [3.8, 4) is 0 Å². The molecule has 1 fully saturated rings. The zero-order valence-electron chi connectivity index (χ0n) is 7.45. The molecule has 0 saturated carbocycles. The lowest BCUT2D eigenvalue weighted by Crippen LogP contribution is -2.08. The quantitative estimate of drug-likeness (QED) is 0.618. The predicted molar refractivity (Wildman–Crippen MR) is 49.5 cm³/mol. The van der Waals surface area contributed by atoms with Crippen molar-refractivity contribution >= 4 is 5.69 Å². The maximum Gasteiger partial charge on any atom is 0.106 e. The van der Waals surface area contributed by atoms with Crippen molar-refractivity contribution in [2.45, 2.75) is 6.10 Å². The minimum absolute atomic E-state index is 0.376. The SMILES string of the molecule is CN(C)c1ccc([C@H]2CO2)cc1. The first-order valence-corrected chi connectivity index (χ1v) is 4.16. The van der Waals surface area contributed by atoms with E-state index in [1.807, 2.05) is 14.1 Å². The zero-order chi connectivity index (χ0) is 8.55. The second-order valence-electron chi connectivity index (χ2n) is 3.31. The predicted octanol–water partition coefficient (Wildman–Crippen LogP) is 1.82. The van der Waals surface area contributed by atoms with Crippen LogP contribution in [0, 0.1) is 0 Å². The number of hydrogen-bond acceptors (Lipinski definition) is 2. The average Bonchev–Trinajstić information content (AvgIpc) is 2.87. The summed E-state index contributed by atoms with van der Waals surface area (Å²) >= 11 is 0. The Morgan fingerprint density at radius 2 is 1.83 bits per heavy atom. The van der Waals surface area contributed by atoms with Crippen LogP contribution >= 0.6 is 0 Å². The van der Waals surface area contributed by atoms with Crippen LogP contribution < -0.4 is 4.90 Å². The summed E-state index contributed by atoms with van der Waals surface area (Å²) in [6, 6.07) is 8.51. The van der Waals surface area contributed by atoms with Gasteiger partial charge in [-0.3, -0.25) is 0 Å². The zero-order valence-corrected chi connectivity index (χ0v) is 7.45. The fraction of sp³-hybridized carbons (Fsp3) is 0.400. The molecule has 2 heteroatoms. The van der Waals surface area contributed by atoms with E-state index >= 15 is 0 Å². The van der Waals surface area contributed by atoms with Gasteiger partial charge in [-0.15, -0.1) is 0 Å². The van der Waals surface area contributed by atoms with Crippen molar-refractivity contribution < 1.29 is 4.74 Å². The van der Waals surface area contributed by atoms with Gasteiger partial charge in [-0.05, 0) is 17.7 Å². The van der Waals surface area contributed by atoms with Crippen molar-refractivity contribution in [3.05, 3.63) is 29.8 Å². The van der Waals surface area contributed by atoms with Crippen LogP contribution in [0.1, 0.15) is 11.7 Å². The Balaban J connectivity index is 2.18. The lowest BCUT2D eigenvalue weighted by Gasteiger charge is -2.11. The summed E-state index contributed by atoms with van der Waals surface area (Å²) in [6.45, 7) is 0.890. The first-order chi connectivity index (χ1) is 5.77. The molecule has 0 aliphatic carbocycles. The van der Waals surface area contributed by atoms with E-state index in [-0.39, 0.29) is 0 Å². The molecule has 1 saturated heterocycles. The third-order valence-corrected chi connectivity index (χ3v) is 2.11. The molecule has 0 bridgehead atoms. The molecule has 0 spiro atoms. The van der Waals surface area contributed by atoms with E-state index < -0.39 is 0 Å². The molecule has 1 aromatic carbocycles. The van der Waals surface area contributed by atoms with Crippen molar-refractivity contribution in [3.63, 3.8) is 0 Å². The Morgan fingerprint density at radius 3 is 2.25 bits per heavy atom. The van der Waals surface area contributed by atoms with Crippen LogP contribution in [0.5, 0.6) is 0 Å². The first-order valence-electron chi connectivity index (χ1n) is 4.16. The number of rotatable bonds is 2. The van der Waals surface area contributed by atoms with Gasteiger partial charge in [-0.25, -0.2) is 0 Å². The van der Waals surface area contributed by atoms with E-state index in [1.165, 1.54) is 11.3 Å². The molecule has 1 heterocycles. The van der Waals surface area contributed by atoms with Gasteiger partial charge >= 0.3 is 0 Å². The molecule has 1 atom stereocenters. The third-order valence-electron chi connectivity index (χ3n) is 2.11. The van der Waals surface area contributed by atoms with Gasteiger partial charge in [0.15, 0.2) is 0 Å². The van der Waals surface area contributed by atoms with Crippen LogP contribution in [0.2, 0.25) is 0 Å². The number of nitrogens with zero attached hydrogens (tertiary/aromatic N) is 1. The van der Waals surface area contributed by atoms with Crippen LogP contribution in [-0.4, -0.2) is 20.7 Å². The Labute approximate surface area is 72.8 Å². The van der Waals surface area contributed by atoms with Crippen molar-refractivity contribution in [2.24, 2.45) is 0 Å². The standard InChI is InChI=1S/C10H13NO/c1-11(2)9-5-3-8(4-6-9)10-7-12-10/h3-6,10H,7H2,1-2H3/t10-/m1/s1. The fourth-order valence-corrected chi connectivity index (χ4v) is 1.23.